The van der Waals surface area contributed by atoms with Crippen LogP contribution in [0.4, 0.5) is 0 Å². The lowest BCUT2D eigenvalue weighted by atomic mass is 10.1. The molecule has 6 nitrogen and oxygen atoms in total. The van der Waals surface area contributed by atoms with Crippen LogP contribution in [0.3, 0.4) is 0 Å². The van der Waals surface area contributed by atoms with Gasteiger partial charge in [0.05, 0.1) is 30.2 Å². The first-order valence-electron chi connectivity index (χ1n) is 8.75. The van der Waals surface area contributed by atoms with Crippen molar-refractivity contribution in [3.05, 3.63) is 45.8 Å². The van der Waals surface area contributed by atoms with Gasteiger partial charge in [0.2, 0.25) is 0 Å². The first kappa shape index (κ1) is 17.3. The fraction of sp³-hybridized carbons (Fsp3) is 0.368. The van der Waals surface area contributed by atoms with Crippen LogP contribution in [0.1, 0.15) is 6.42 Å². The lowest BCUT2D eigenvalue weighted by molar-refractivity contribution is 0.0358. The number of hydrogen-bond donors (Lipinski definition) is 1. The molecular weight excluding hydrogens is 354 g/mol. The number of fused-ring (bicyclic) bond motifs is 3. The van der Waals surface area contributed by atoms with Gasteiger partial charge in [0.25, 0.3) is 5.56 Å². The number of nitrogens with one attached hydrogen (secondary N) is 1. The number of benzene rings is 1. The van der Waals surface area contributed by atoms with Gasteiger partial charge in [0.1, 0.15) is 11.4 Å². The van der Waals surface area contributed by atoms with Crippen molar-refractivity contribution in [1.82, 2.24) is 14.9 Å². The van der Waals surface area contributed by atoms with Crippen LogP contribution in [-0.4, -0.2) is 54.3 Å². The highest BCUT2D eigenvalue weighted by molar-refractivity contribution is 6.37. The summed E-state index contributed by atoms with van der Waals surface area (Å²) in [5, 5.41) is 2.65. The third kappa shape index (κ3) is 3.53. The number of rotatable bonds is 5. The Morgan fingerprint density at radius 1 is 1.23 bits per heavy atom. The van der Waals surface area contributed by atoms with E-state index < -0.39 is 0 Å². The summed E-state index contributed by atoms with van der Waals surface area (Å²) in [5.41, 5.74) is 0.301. The van der Waals surface area contributed by atoms with Crippen LogP contribution in [0.2, 0.25) is 5.02 Å². The van der Waals surface area contributed by atoms with E-state index in [1.54, 1.807) is 18.3 Å². The fourth-order valence-corrected chi connectivity index (χ4v) is 3.53. The van der Waals surface area contributed by atoms with E-state index in [-0.39, 0.29) is 5.56 Å². The fourth-order valence-electron chi connectivity index (χ4n) is 3.29. The summed E-state index contributed by atoms with van der Waals surface area (Å²) in [6.07, 6.45) is 2.51. The molecule has 136 valence electrons. The molecule has 3 aromatic rings. The van der Waals surface area contributed by atoms with Crippen LogP contribution in [0, 0.1) is 0 Å². The van der Waals surface area contributed by atoms with Gasteiger partial charge in [-0.2, -0.15) is 0 Å². The molecule has 0 bridgehead atoms. The summed E-state index contributed by atoms with van der Waals surface area (Å²) in [6, 6.07) is 7.24. The van der Waals surface area contributed by atoms with E-state index in [0.29, 0.717) is 28.4 Å². The predicted molar refractivity (Wildman–Crippen MR) is 102 cm³/mol. The van der Waals surface area contributed by atoms with Crippen molar-refractivity contribution in [2.24, 2.45) is 0 Å². The molecule has 0 saturated carbocycles. The molecule has 7 heteroatoms. The molecule has 0 unspecified atom stereocenters. The standard InChI is InChI=1S/C19H20ClN3O3/c20-16-4-5-21-18-17(16)14-3-2-13(12-15(14)19(24)22-18)26-9-1-6-23-7-10-25-11-8-23/h2-5,12H,1,6-11H2,(H,21,22,24). The molecule has 2 aromatic heterocycles. The van der Waals surface area contributed by atoms with E-state index in [0.717, 1.165) is 50.0 Å². The van der Waals surface area contributed by atoms with Gasteiger partial charge in [0, 0.05) is 31.2 Å². The van der Waals surface area contributed by atoms with Gasteiger partial charge in [-0.05, 0) is 36.1 Å². The van der Waals surface area contributed by atoms with Gasteiger partial charge in [-0.1, -0.05) is 11.6 Å². The third-order valence-electron chi connectivity index (χ3n) is 4.63. The summed E-state index contributed by atoms with van der Waals surface area (Å²) in [5.74, 6) is 0.685. The molecule has 1 saturated heterocycles. The minimum absolute atomic E-state index is 0.193. The summed E-state index contributed by atoms with van der Waals surface area (Å²) in [4.78, 5) is 21.7. The molecule has 4 rings (SSSR count). The van der Waals surface area contributed by atoms with Gasteiger partial charge in [-0.3, -0.25) is 9.69 Å². The van der Waals surface area contributed by atoms with Crippen LogP contribution in [-0.2, 0) is 4.74 Å². The molecule has 0 atom stereocenters. The normalized spacial score (nSPS) is 15.6. The maximum absolute atomic E-state index is 12.4. The molecule has 1 aliphatic heterocycles. The number of aromatic nitrogens is 2. The van der Waals surface area contributed by atoms with E-state index in [1.807, 2.05) is 12.1 Å². The van der Waals surface area contributed by atoms with Gasteiger partial charge in [0.15, 0.2) is 0 Å². The first-order valence-corrected chi connectivity index (χ1v) is 9.13. The Bertz CT molecular complexity index is 983. The second-order valence-corrected chi connectivity index (χ2v) is 6.74. The smallest absolute Gasteiger partial charge is 0.257 e. The van der Waals surface area contributed by atoms with Crippen molar-refractivity contribution in [2.75, 3.05) is 39.5 Å². The van der Waals surface area contributed by atoms with E-state index in [2.05, 4.69) is 14.9 Å². The molecular formula is C19H20ClN3O3. The molecule has 1 aliphatic rings. The molecule has 1 fully saturated rings. The van der Waals surface area contributed by atoms with Crippen LogP contribution in [0.5, 0.6) is 5.75 Å². The van der Waals surface area contributed by atoms with Gasteiger partial charge in [-0.25, -0.2) is 4.98 Å². The Labute approximate surface area is 155 Å². The van der Waals surface area contributed by atoms with Crippen molar-refractivity contribution in [3.8, 4) is 5.75 Å². The Morgan fingerprint density at radius 2 is 2.08 bits per heavy atom. The van der Waals surface area contributed by atoms with Crippen LogP contribution in [0.15, 0.2) is 35.3 Å². The second-order valence-electron chi connectivity index (χ2n) is 6.33. The van der Waals surface area contributed by atoms with E-state index in [4.69, 9.17) is 21.1 Å². The number of nitrogens with zero attached hydrogens (tertiary/aromatic N) is 2. The molecule has 0 aliphatic carbocycles. The molecule has 3 heterocycles. The summed E-state index contributed by atoms with van der Waals surface area (Å²) in [6.45, 7) is 5.17. The van der Waals surface area contributed by atoms with Crippen molar-refractivity contribution in [1.29, 1.82) is 0 Å². The number of ether oxygens (including phenoxy) is 2. The number of aromatic amines is 1. The highest BCUT2D eigenvalue weighted by Crippen LogP contribution is 2.28. The van der Waals surface area contributed by atoms with Crippen LogP contribution < -0.4 is 10.3 Å². The maximum atomic E-state index is 12.4. The van der Waals surface area contributed by atoms with Crippen molar-refractivity contribution >= 4 is 33.4 Å². The molecule has 0 spiro atoms. The highest BCUT2D eigenvalue weighted by Gasteiger charge is 2.11. The minimum atomic E-state index is -0.193. The van der Waals surface area contributed by atoms with Crippen LogP contribution in [0.25, 0.3) is 21.8 Å². The number of hydrogen-bond acceptors (Lipinski definition) is 5. The summed E-state index contributed by atoms with van der Waals surface area (Å²) < 4.78 is 11.2. The molecule has 0 radical (unpaired) electrons. The monoisotopic (exact) mass is 373 g/mol. The zero-order chi connectivity index (χ0) is 17.9. The highest BCUT2D eigenvalue weighted by atomic mass is 35.5. The second kappa shape index (κ2) is 7.61. The zero-order valence-corrected chi connectivity index (χ0v) is 15.1. The predicted octanol–water partition coefficient (Wildman–Crippen LogP) is 2.83. The van der Waals surface area contributed by atoms with E-state index >= 15 is 0 Å². The summed E-state index contributed by atoms with van der Waals surface area (Å²) in [7, 11) is 0. The number of H-pyrrole nitrogens is 1. The quantitative estimate of drug-likeness (QED) is 0.550. The number of halogens is 1. The van der Waals surface area contributed by atoms with Gasteiger partial charge in [-0.15, -0.1) is 0 Å². The van der Waals surface area contributed by atoms with Crippen molar-refractivity contribution < 1.29 is 9.47 Å². The largest absolute Gasteiger partial charge is 0.494 e. The maximum Gasteiger partial charge on any atom is 0.257 e. The van der Waals surface area contributed by atoms with Crippen molar-refractivity contribution in [3.63, 3.8) is 0 Å². The topological polar surface area (TPSA) is 67.5 Å². The lowest BCUT2D eigenvalue weighted by Gasteiger charge is -2.26. The van der Waals surface area contributed by atoms with Gasteiger partial charge < -0.3 is 14.5 Å². The Morgan fingerprint density at radius 3 is 2.92 bits per heavy atom. The van der Waals surface area contributed by atoms with E-state index in [1.165, 1.54) is 0 Å². The minimum Gasteiger partial charge on any atom is -0.494 e. The van der Waals surface area contributed by atoms with E-state index in [9.17, 15) is 4.79 Å². The third-order valence-corrected chi connectivity index (χ3v) is 4.94. The lowest BCUT2D eigenvalue weighted by Crippen LogP contribution is -2.37. The number of morpholine rings is 1. The summed E-state index contributed by atoms with van der Waals surface area (Å²) >= 11 is 6.30. The van der Waals surface area contributed by atoms with Gasteiger partial charge >= 0.3 is 0 Å². The zero-order valence-electron chi connectivity index (χ0n) is 14.3. The van der Waals surface area contributed by atoms with Crippen LogP contribution >= 0.6 is 11.6 Å². The average Bonchev–Trinajstić information content (AvgIpc) is 2.66. The molecule has 26 heavy (non-hydrogen) atoms. The molecule has 0 amide bonds. The molecule has 1 aromatic carbocycles. The Kier molecular flexibility index (Phi) is 5.06. The Balaban J connectivity index is 1.50. The number of pyridine rings is 2. The Hall–Kier alpha value is -2.15. The van der Waals surface area contributed by atoms with Crippen molar-refractivity contribution in [2.45, 2.75) is 6.42 Å². The molecule has 1 N–H and O–H groups in total. The first-order chi connectivity index (χ1) is 12.7. The SMILES string of the molecule is O=c1[nH]c2nccc(Cl)c2c2ccc(OCCCN3CCOCC3)cc12. The average molecular weight is 374 g/mol.